The number of fused-ring (bicyclic) bond motifs is 1. The lowest BCUT2D eigenvalue weighted by atomic mass is 10.1. The first-order valence-electron chi connectivity index (χ1n) is 10.1. The fourth-order valence-electron chi connectivity index (χ4n) is 3.37. The van der Waals surface area contributed by atoms with Crippen molar-refractivity contribution in [1.29, 1.82) is 0 Å². The van der Waals surface area contributed by atoms with Crippen molar-refractivity contribution in [2.45, 2.75) is 33.3 Å². The van der Waals surface area contributed by atoms with E-state index in [4.69, 9.17) is 32.4 Å². The number of amides is 1. The molecule has 0 radical (unpaired) electrons. The highest BCUT2D eigenvalue weighted by Crippen LogP contribution is 2.32. The molecule has 0 spiro atoms. The third-order valence-electron chi connectivity index (χ3n) is 5.02. The molecule has 0 bridgehead atoms. The van der Waals surface area contributed by atoms with Gasteiger partial charge in [-0.25, -0.2) is 4.98 Å². The molecule has 0 atom stereocenters. The molecule has 1 heterocycles. The first kappa shape index (κ1) is 22.2. The number of halogens is 2. The Morgan fingerprint density at radius 3 is 2.47 bits per heavy atom. The predicted octanol–water partition coefficient (Wildman–Crippen LogP) is 7.21. The Hall–Kier alpha value is -3.02. The van der Waals surface area contributed by atoms with Crippen LogP contribution in [0.3, 0.4) is 0 Å². The molecule has 1 aromatic heterocycles. The van der Waals surface area contributed by atoms with Gasteiger partial charge in [-0.1, -0.05) is 29.3 Å². The van der Waals surface area contributed by atoms with Gasteiger partial charge in [0, 0.05) is 10.6 Å². The number of ether oxygens (including phenoxy) is 1. The second-order valence-corrected chi connectivity index (χ2v) is 9.01. The van der Waals surface area contributed by atoms with Crippen molar-refractivity contribution >= 4 is 45.9 Å². The number of aromatic nitrogens is 1. The number of oxazole rings is 1. The molecule has 0 unspecified atom stereocenters. The van der Waals surface area contributed by atoms with Gasteiger partial charge in [0.15, 0.2) is 11.2 Å². The van der Waals surface area contributed by atoms with E-state index in [9.17, 15) is 4.79 Å². The Morgan fingerprint density at radius 1 is 1.03 bits per heavy atom. The molecule has 164 valence electrons. The maximum absolute atomic E-state index is 13.0. The number of rotatable bonds is 5. The SMILES string of the molecule is Cc1cc(C)c2oc(-c3ccc(Cl)c(NC(=O)C(C)(C)Oc4ccc(Cl)cc4)c3)nc2c1. The van der Waals surface area contributed by atoms with Gasteiger partial charge in [-0.2, -0.15) is 0 Å². The summed E-state index contributed by atoms with van der Waals surface area (Å²) in [6.07, 6.45) is 0. The standard InChI is InChI=1S/C25H22Cl2N2O3/c1-14-11-15(2)22-21(12-14)28-23(31-22)16-5-10-19(27)20(13-16)29-24(30)25(3,4)32-18-8-6-17(26)7-9-18/h5-13H,1-4H3,(H,29,30). The van der Waals surface area contributed by atoms with Crippen LogP contribution in [0.1, 0.15) is 25.0 Å². The van der Waals surface area contributed by atoms with Crippen molar-refractivity contribution in [2.24, 2.45) is 0 Å². The van der Waals surface area contributed by atoms with Crippen LogP contribution in [0.2, 0.25) is 10.0 Å². The maximum Gasteiger partial charge on any atom is 0.268 e. The molecule has 0 saturated heterocycles. The number of hydrogen-bond donors (Lipinski definition) is 1. The van der Waals surface area contributed by atoms with E-state index < -0.39 is 5.60 Å². The number of nitrogens with zero attached hydrogens (tertiary/aromatic N) is 1. The van der Waals surface area contributed by atoms with Crippen LogP contribution in [-0.2, 0) is 4.79 Å². The Labute approximate surface area is 196 Å². The van der Waals surface area contributed by atoms with Crippen molar-refractivity contribution in [1.82, 2.24) is 4.98 Å². The minimum atomic E-state index is -1.15. The molecule has 4 rings (SSSR count). The first-order chi connectivity index (χ1) is 15.1. The van der Waals surface area contributed by atoms with E-state index in [1.807, 2.05) is 26.0 Å². The molecule has 1 N–H and O–H groups in total. The molecule has 0 aliphatic carbocycles. The minimum absolute atomic E-state index is 0.351. The summed E-state index contributed by atoms with van der Waals surface area (Å²) in [5.74, 6) is 0.639. The lowest BCUT2D eigenvalue weighted by molar-refractivity contribution is -0.128. The predicted molar refractivity (Wildman–Crippen MR) is 129 cm³/mol. The second kappa shape index (κ2) is 8.49. The maximum atomic E-state index is 13.0. The van der Waals surface area contributed by atoms with Crippen molar-refractivity contribution in [3.05, 3.63) is 75.8 Å². The summed E-state index contributed by atoms with van der Waals surface area (Å²) in [4.78, 5) is 17.6. The zero-order valence-corrected chi connectivity index (χ0v) is 19.6. The Balaban J connectivity index is 1.59. The highest BCUT2D eigenvalue weighted by atomic mass is 35.5. The number of anilines is 1. The minimum Gasteiger partial charge on any atom is -0.478 e. The van der Waals surface area contributed by atoms with Gasteiger partial charge in [0.1, 0.15) is 11.3 Å². The van der Waals surface area contributed by atoms with Crippen LogP contribution < -0.4 is 10.1 Å². The number of hydrogen-bond acceptors (Lipinski definition) is 4. The third kappa shape index (κ3) is 4.59. The molecule has 4 aromatic rings. The van der Waals surface area contributed by atoms with Crippen LogP contribution in [-0.4, -0.2) is 16.5 Å². The molecule has 0 aliphatic rings. The topological polar surface area (TPSA) is 64.4 Å². The summed E-state index contributed by atoms with van der Waals surface area (Å²) in [5.41, 5.74) is 3.65. The van der Waals surface area contributed by atoms with Crippen molar-refractivity contribution in [2.75, 3.05) is 5.32 Å². The second-order valence-electron chi connectivity index (χ2n) is 8.16. The molecule has 5 nitrogen and oxygen atoms in total. The van der Waals surface area contributed by atoms with Crippen molar-refractivity contribution < 1.29 is 13.9 Å². The summed E-state index contributed by atoms with van der Waals surface area (Å²) >= 11 is 12.3. The molecule has 0 aliphatic heterocycles. The summed E-state index contributed by atoms with van der Waals surface area (Å²) in [5, 5.41) is 3.84. The highest BCUT2D eigenvalue weighted by Gasteiger charge is 2.30. The largest absolute Gasteiger partial charge is 0.478 e. The summed E-state index contributed by atoms with van der Waals surface area (Å²) in [6.45, 7) is 7.37. The normalized spacial score (nSPS) is 11.6. The van der Waals surface area contributed by atoms with E-state index in [1.165, 1.54) is 0 Å². The number of benzene rings is 3. The van der Waals surface area contributed by atoms with Crippen molar-refractivity contribution in [3.8, 4) is 17.2 Å². The zero-order valence-electron chi connectivity index (χ0n) is 18.1. The van der Waals surface area contributed by atoms with Gasteiger partial charge in [-0.15, -0.1) is 0 Å². The lowest BCUT2D eigenvalue weighted by Crippen LogP contribution is -2.42. The summed E-state index contributed by atoms with van der Waals surface area (Å²) in [6, 6.07) is 16.1. The fourth-order valence-corrected chi connectivity index (χ4v) is 3.66. The molecular formula is C25H22Cl2N2O3. The molecule has 7 heteroatoms. The van der Waals surface area contributed by atoms with Crippen LogP contribution in [0.5, 0.6) is 5.75 Å². The van der Waals surface area contributed by atoms with Crippen LogP contribution in [0, 0.1) is 13.8 Å². The molecular weight excluding hydrogens is 447 g/mol. The number of carbonyl (C=O) groups excluding carboxylic acids is 1. The van der Waals surface area contributed by atoms with Crippen LogP contribution in [0.4, 0.5) is 5.69 Å². The van der Waals surface area contributed by atoms with E-state index in [2.05, 4.69) is 10.3 Å². The quantitative estimate of drug-likeness (QED) is 0.335. The van der Waals surface area contributed by atoms with Gasteiger partial charge in [-0.05, 0) is 87.4 Å². The smallest absolute Gasteiger partial charge is 0.268 e. The molecule has 0 saturated carbocycles. The van der Waals surface area contributed by atoms with E-state index in [1.54, 1.807) is 56.3 Å². The lowest BCUT2D eigenvalue weighted by Gasteiger charge is -2.25. The van der Waals surface area contributed by atoms with Crippen LogP contribution >= 0.6 is 23.2 Å². The number of carbonyl (C=O) groups is 1. The van der Waals surface area contributed by atoms with Crippen molar-refractivity contribution in [3.63, 3.8) is 0 Å². The number of aryl methyl sites for hydroxylation is 2. The van der Waals surface area contributed by atoms with Crippen LogP contribution in [0.25, 0.3) is 22.6 Å². The molecule has 0 fully saturated rings. The summed E-state index contributed by atoms with van der Waals surface area (Å²) < 4.78 is 11.9. The van der Waals surface area contributed by atoms with E-state index >= 15 is 0 Å². The van der Waals surface area contributed by atoms with Gasteiger partial charge >= 0.3 is 0 Å². The van der Waals surface area contributed by atoms with E-state index in [-0.39, 0.29) is 5.91 Å². The van der Waals surface area contributed by atoms with Gasteiger partial charge in [0.2, 0.25) is 5.89 Å². The summed E-state index contributed by atoms with van der Waals surface area (Å²) in [7, 11) is 0. The van der Waals surface area contributed by atoms with Gasteiger partial charge in [0.25, 0.3) is 5.91 Å². The Bertz CT molecular complexity index is 1310. The van der Waals surface area contributed by atoms with Gasteiger partial charge in [0.05, 0.1) is 10.7 Å². The molecule has 3 aromatic carbocycles. The third-order valence-corrected chi connectivity index (χ3v) is 5.60. The zero-order chi connectivity index (χ0) is 23.0. The van der Waals surface area contributed by atoms with Crippen LogP contribution in [0.15, 0.2) is 59.0 Å². The van der Waals surface area contributed by atoms with Gasteiger partial charge < -0.3 is 14.5 Å². The highest BCUT2D eigenvalue weighted by molar-refractivity contribution is 6.34. The Kier molecular flexibility index (Phi) is 5.89. The van der Waals surface area contributed by atoms with E-state index in [0.29, 0.717) is 32.9 Å². The number of nitrogens with one attached hydrogen (secondary N) is 1. The molecule has 1 amide bonds. The molecule has 32 heavy (non-hydrogen) atoms. The average Bonchev–Trinajstić information content (AvgIpc) is 3.15. The Morgan fingerprint density at radius 2 is 1.75 bits per heavy atom. The average molecular weight is 469 g/mol. The monoisotopic (exact) mass is 468 g/mol. The van der Waals surface area contributed by atoms with Gasteiger partial charge in [-0.3, -0.25) is 4.79 Å². The fraction of sp³-hybridized carbons (Fsp3) is 0.200. The first-order valence-corrected chi connectivity index (χ1v) is 10.8. The van der Waals surface area contributed by atoms with E-state index in [0.717, 1.165) is 22.2 Å².